The van der Waals surface area contributed by atoms with Crippen LogP contribution in [-0.4, -0.2) is 42.0 Å². The lowest BCUT2D eigenvalue weighted by Crippen LogP contribution is -2.48. The van der Waals surface area contributed by atoms with E-state index in [9.17, 15) is 4.79 Å². The molecule has 1 atom stereocenters. The third-order valence-electron chi connectivity index (χ3n) is 3.58. The Morgan fingerprint density at radius 1 is 1.63 bits per heavy atom. The Labute approximate surface area is 114 Å². The zero-order valence-corrected chi connectivity index (χ0v) is 11.8. The Kier molecular flexibility index (Phi) is 4.37. The fraction of sp³-hybridized carbons (Fsp3) is 0.571. The van der Waals surface area contributed by atoms with E-state index < -0.39 is 0 Å². The number of aryl methyl sites for hydroxylation is 1. The average Bonchev–Trinajstić information content (AvgIpc) is 2.37. The molecule has 1 N–H and O–H groups in total. The first-order valence-electron chi connectivity index (χ1n) is 6.59. The number of hydrogen-bond acceptors (Lipinski definition) is 4. The predicted molar refractivity (Wildman–Crippen MR) is 73.0 cm³/mol. The van der Waals surface area contributed by atoms with Crippen molar-refractivity contribution in [2.45, 2.75) is 32.9 Å². The molecule has 5 nitrogen and oxygen atoms in total. The van der Waals surface area contributed by atoms with Gasteiger partial charge in [0.25, 0.3) is 0 Å². The van der Waals surface area contributed by atoms with Gasteiger partial charge in [0.05, 0.1) is 6.20 Å². The van der Waals surface area contributed by atoms with Crippen molar-refractivity contribution in [3.05, 3.63) is 23.5 Å². The molecule has 104 valence electrons. The molecule has 1 aliphatic heterocycles. The predicted octanol–water partition coefficient (Wildman–Crippen LogP) is 1.11. The Hall–Kier alpha value is -1.62. The first-order valence-corrected chi connectivity index (χ1v) is 6.59. The van der Waals surface area contributed by atoms with E-state index in [-0.39, 0.29) is 5.91 Å². The highest BCUT2D eigenvalue weighted by Gasteiger charge is 2.24. The van der Waals surface area contributed by atoms with E-state index in [1.807, 2.05) is 13.0 Å². The molecule has 0 radical (unpaired) electrons. The van der Waals surface area contributed by atoms with Crippen LogP contribution >= 0.6 is 0 Å². The van der Waals surface area contributed by atoms with E-state index >= 15 is 0 Å². The summed E-state index contributed by atoms with van der Waals surface area (Å²) < 4.78 is 5.77. The third kappa shape index (κ3) is 3.67. The van der Waals surface area contributed by atoms with E-state index in [0.29, 0.717) is 19.2 Å². The number of ether oxygens (including phenoxy) is 1. The molecule has 1 aromatic heterocycles. The number of carbonyl (C=O) groups excluding carboxylic acids is 1. The lowest BCUT2D eigenvalue weighted by atomic mass is 10.1. The smallest absolute Gasteiger partial charge is 0.217 e. The van der Waals surface area contributed by atoms with Gasteiger partial charge < -0.3 is 10.1 Å². The molecule has 1 aromatic rings. The van der Waals surface area contributed by atoms with Crippen LogP contribution in [0.2, 0.25) is 0 Å². The van der Waals surface area contributed by atoms with Gasteiger partial charge in [-0.05, 0) is 38.6 Å². The van der Waals surface area contributed by atoms with Crippen LogP contribution in [0, 0.1) is 6.92 Å². The first-order chi connectivity index (χ1) is 9.06. The summed E-state index contributed by atoms with van der Waals surface area (Å²) in [5.74, 6) is 0.730. The van der Waals surface area contributed by atoms with Gasteiger partial charge in [0.2, 0.25) is 5.91 Å². The molecule has 0 bridgehead atoms. The van der Waals surface area contributed by atoms with Gasteiger partial charge in [-0.25, -0.2) is 0 Å². The number of amides is 1. The Morgan fingerprint density at radius 3 is 3.00 bits per heavy atom. The maximum Gasteiger partial charge on any atom is 0.217 e. The van der Waals surface area contributed by atoms with Gasteiger partial charge in [0.1, 0.15) is 12.4 Å². The molecule has 1 aliphatic rings. The van der Waals surface area contributed by atoms with Crippen molar-refractivity contribution in [2.75, 3.05) is 20.2 Å². The third-order valence-corrected chi connectivity index (χ3v) is 3.58. The van der Waals surface area contributed by atoms with Crippen molar-refractivity contribution in [1.82, 2.24) is 15.2 Å². The number of rotatable bonds is 5. The van der Waals surface area contributed by atoms with Gasteiger partial charge in [0, 0.05) is 25.2 Å². The number of nitrogens with one attached hydrogen (secondary N) is 1. The van der Waals surface area contributed by atoms with E-state index in [2.05, 4.69) is 22.2 Å². The fourth-order valence-electron chi connectivity index (χ4n) is 2.01. The molecule has 1 unspecified atom stereocenters. The number of hydrogen-bond donors (Lipinski definition) is 1. The second-order valence-corrected chi connectivity index (χ2v) is 5.06. The van der Waals surface area contributed by atoms with Crippen molar-refractivity contribution in [3.8, 4) is 5.75 Å². The summed E-state index contributed by atoms with van der Waals surface area (Å²) in [6, 6.07) is 2.47. The summed E-state index contributed by atoms with van der Waals surface area (Å²) in [7, 11) is 2.10. The standard InChI is InChI=1S/C14H21N3O2/c1-10-12(7-16-11(2)18)6-14(8-15-10)19-9-13-4-5-17(13)3/h6,8,13H,4-5,7,9H2,1-3H3,(H,16,18). The molecule has 0 aromatic carbocycles. The number of likely N-dealkylation sites (N-methyl/N-ethyl adjacent to an activating group) is 1. The van der Waals surface area contributed by atoms with Crippen molar-refractivity contribution in [2.24, 2.45) is 0 Å². The molecular formula is C14H21N3O2. The van der Waals surface area contributed by atoms with E-state index in [1.165, 1.54) is 13.3 Å². The highest BCUT2D eigenvalue weighted by molar-refractivity contribution is 5.72. The first kappa shape index (κ1) is 13.8. The average molecular weight is 263 g/mol. The quantitative estimate of drug-likeness (QED) is 0.864. The summed E-state index contributed by atoms with van der Waals surface area (Å²) in [4.78, 5) is 17.5. The second-order valence-electron chi connectivity index (χ2n) is 5.06. The van der Waals surface area contributed by atoms with E-state index in [0.717, 1.165) is 23.6 Å². The number of nitrogens with zero attached hydrogens (tertiary/aromatic N) is 2. The highest BCUT2D eigenvalue weighted by Crippen LogP contribution is 2.18. The summed E-state index contributed by atoms with van der Waals surface area (Å²) in [5.41, 5.74) is 1.91. The van der Waals surface area contributed by atoms with Crippen LogP contribution in [0.5, 0.6) is 5.75 Å². The maximum atomic E-state index is 10.9. The van der Waals surface area contributed by atoms with Crippen molar-refractivity contribution in [3.63, 3.8) is 0 Å². The van der Waals surface area contributed by atoms with Gasteiger partial charge >= 0.3 is 0 Å². The zero-order valence-electron chi connectivity index (χ0n) is 11.8. The monoisotopic (exact) mass is 263 g/mol. The van der Waals surface area contributed by atoms with Crippen LogP contribution < -0.4 is 10.1 Å². The lowest BCUT2D eigenvalue weighted by molar-refractivity contribution is -0.119. The molecule has 0 spiro atoms. The summed E-state index contributed by atoms with van der Waals surface area (Å²) in [6.45, 7) is 5.78. The van der Waals surface area contributed by atoms with Crippen LogP contribution in [-0.2, 0) is 11.3 Å². The number of aromatic nitrogens is 1. The number of pyridine rings is 1. The molecule has 1 saturated heterocycles. The molecule has 0 saturated carbocycles. The Morgan fingerprint density at radius 2 is 2.42 bits per heavy atom. The van der Waals surface area contributed by atoms with Crippen molar-refractivity contribution in [1.29, 1.82) is 0 Å². The number of carbonyl (C=O) groups is 1. The van der Waals surface area contributed by atoms with Crippen LogP contribution in [0.3, 0.4) is 0 Å². The zero-order chi connectivity index (χ0) is 13.8. The topological polar surface area (TPSA) is 54.5 Å². The minimum Gasteiger partial charge on any atom is -0.490 e. The normalized spacial score (nSPS) is 18.8. The van der Waals surface area contributed by atoms with Crippen LogP contribution in [0.25, 0.3) is 0 Å². The molecule has 2 heterocycles. The van der Waals surface area contributed by atoms with Gasteiger partial charge in [-0.15, -0.1) is 0 Å². The van der Waals surface area contributed by atoms with E-state index in [1.54, 1.807) is 6.20 Å². The maximum absolute atomic E-state index is 10.9. The van der Waals surface area contributed by atoms with Crippen molar-refractivity contribution < 1.29 is 9.53 Å². The van der Waals surface area contributed by atoms with E-state index in [4.69, 9.17) is 4.74 Å². The van der Waals surface area contributed by atoms with Crippen LogP contribution in [0.4, 0.5) is 0 Å². The summed E-state index contributed by atoms with van der Waals surface area (Å²) >= 11 is 0. The largest absolute Gasteiger partial charge is 0.490 e. The highest BCUT2D eigenvalue weighted by atomic mass is 16.5. The van der Waals surface area contributed by atoms with Gasteiger partial charge in [-0.2, -0.15) is 0 Å². The molecule has 5 heteroatoms. The molecule has 19 heavy (non-hydrogen) atoms. The Balaban J connectivity index is 1.93. The summed E-state index contributed by atoms with van der Waals surface area (Å²) in [6.07, 6.45) is 2.93. The van der Waals surface area contributed by atoms with Gasteiger partial charge in [-0.1, -0.05) is 0 Å². The molecule has 2 rings (SSSR count). The van der Waals surface area contributed by atoms with Gasteiger partial charge in [-0.3, -0.25) is 14.7 Å². The van der Waals surface area contributed by atoms with Gasteiger partial charge in [0.15, 0.2) is 0 Å². The second kappa shape index (κ2) is 6.02. The fourth-order valence-corrected chi connectivity index (χ4v) is 2.01. The van der Waals surface area contributed by atoms with Crippen molar-refractivity contribution >= 4 is 5.91 Å². The SMILES string of the molecule is CC(=O)NCc1cc(OCC2CCN2C)cnc1C. The molecule has 1 amide bonds. The summed E-state index contributed by atoms with van der Waals surface area (Å²) in [5, 5.41) is 2.78. The molecular weight excluding hydrogens is 242 g/mol. The minimum atomic E-state index is -0.0400. The molecule has 0 aliphatic carbocycles. The Bertz CT molecular complexity index is 462. The van der Waals surface area contributed by atoms with Crippen LogP contribution in [0.15, 0.2) is 12.3 Å². The minimum absolute atomic E-state index is 0.0400. The molecule has 1 fully saturated rings. The lowest BCUT2D eigenvalue weighted by Gasteiger charge is -2.37. The number of likely N-dealkylation sites (tertiary alicyclic amines) is 1. The van der Waals surface area contributed by atoms with Crippen LogP contribution in [0.1, 0.15) is 24.6 Å².